The Morgan fingerprint density at radius 1 is 0.947 bits per heavy atom. The van der Waals surface area contributed by atoms with Gasteiger partial charge in [0.2, 0.25) is 0 Å². The van der Waals surface area contributed by atoms with Crippen LogP contribution in [0.2, 0.25) is 5.02 Å². The van der Waals surface area contributed by atoms with Crippen molar-refractivity contribution in [3.05, 3.63) is 68.7 Å². The molecule has 0 atom stereocenters. The van der Waals surface area contributed by atoms with Crippen LogP contribution in [0.5, 0.6) is 0 Å². The number of carbonyl (C=O) groups excluding carboxylic acids is 1. The molecule has 0 N–H and O–H groups in total. The third kappa shape index (κ3) is 2.57. The van der Waals surface area contributed by atoms with Crippen LogP contribution < -0.4 is 0 Å². The molecule has 0 saturated heterocycles. The van der Waals surface area contributed by atoms with Gasteiger partial charge in [-0.05, 0) is 62.1 Å². The fourth-order valence-electron chi connectivity index (χ4n) is 2.33. The van der Waals surface area contributed by atoms with Crippen molar-refractivity contribution < 1.29 is 4.79 Å². The zero-order valence-electron chi connectivity index (χ0n) is 11.7. The molecule has 1 nitrogen and oxygen atoms in total. The Labute approximate surface area is 119 Å². The van der Waals surface area contributed by atoms with E-state index in [0.29, 0.717) is 10.6 Å². The van der Waals surface area contributed by atoms with E-state index in [4.69, 9.17) is 11.6 Å². The highest BCUT2D eigenvalue weighted by atomic mass is 35.5. The van der Waals surface area contributed by atoms with Crippen LogP contribution in [-0.2, 0) is 0 Å². The molecule has 98 valence electrons. The topological polar surface area (TPSA) is 17.1 Å². The minimum Gasteiger partial charge on any atom is -0.289 e. The summed E-state index contributed by atoms with van der Waals surface area (Å²) in [4.78, 5) is 12.7. The molecule has 0 unspecified atom stereocenters. The van der Waals surface area contributed by atoms with Crippen molar-refractivity contribution in [2.45, 2.75) is 27.7 Å². The number of hydrogen-bond donors (Lipinski definition) is 0. The van der Waals surface area contributed by atoms with Crippen LogP contribution in [0.25, 0.3) is 0 Å². The molecule has 2 heteroatoms. The van der Waals surface area contributed by atoms with Gasteiger partial charge in [0.05, 0.1) is 0 Å². The second-order valence-electron chi connectivity index (χ2n) is 4.97. The molecule has 19 heavy (non-hydrogen) atoms. The number of rotatable bonds is 2. The molecule has 0 aliphatic heterocycles. The molecule has 0 bridgehead atoms. The Balaban J connectivity index is 2.62. The maximum absolute atomic E-state index is 12.7. The van der Waals surface area contributed by atoms with Crippen LogP contribution in [0.4, 0.5) is 0 Å². The average molecular weight is 273 g/mol. The smallest absolute Gasteiger partial charge is 0.193 e. The summed E-state index contributed by atoms with van der Waals surface area (Å²) in [5.74, 6) is 0.0456. The number of hydrogen-bond acceptors (Lipinski definition) is 1. The second kappa shape index (κ2) is 5.18. The van der Waals surface area contributed by atoms with Gasteiger partial charge in [-0.3, -0.25) is 4.79 Å². The minimum atomic E-state index is 0.0456. The van der Waals surface area contributed by atoms with E-state index in [9.17, 15) is 4.79 Å². The lowest BCUT2D eigenvalue weighted by Gasteiger charge is -2.14. The highest BCUT2D eigenvalue weighted by Crippen LogP contribution is 2.25. The lowest BCUT2D eigenvalue weighted by molar-refractivity contribution is 0.103. The van der Waals surface area contributed by atoms with Gasteiger partial charge in [0.15, 0.2) is 5.78 Å². The Hall–Kier alpha value is -1.60. The van der Waals surface area contributed by atoms with Crippen molar-refractivity contribution in [2.75, 3.05) is 0 Å². The zero-order chi connectivity index (χ0) is 14.2. The van der Waals surface area contributed by atoms with Crippen molar-refractivity contribution >= 4 is 17.4 Å². The number of aryl methyl sites for hydroxylation is 2. The average Bonchev–Trinajstić information content (AvgIpc) is 2.36. The monoisotopic (exact) mass is 272 g/mol. The Bertz CT molecular complexity index is 630. The molecule has 0 heterocycles. The molecule has 0 amide bonds. The Kier molecular flexibility index (Phi) is 3.77. The molecule has 0 aliphatic carbocycles. The summed E-state index contributed by atoms with van der Waals surface area (Å²) in [6.07, 6.45) is 0. The van der Waals surface area contributed by atoms with Gasteiger partial charge in [-0.2, -0.15) is 0 Å². The van der Waals surface area contributed by atoms with Crippen LogP contribution >= 0.6 is 11.6 Å². The number of ketones is 1. The molecule has 0 aliphatic rings. The molecule has 0 radical (unpaired) electrons. The van der Waals surface area contributed by atoms with Gasteiger partial charge in [0.25, 0.3) is 0 Å². The number of benzene rings is 2. The van der Waals surface area contributed by atoms with E-state index in [1.165, 1.54) is 0 Å². The molecule has 0 fully saturated rings. The van der Waals surface area contributed by atoms with Gasteiger partial charge < -0.3 is 0 Å². The van der Waals surface area contributed by atoms with Crippen molar-refractivity contribution in [1.29, 1.82) is 0 Å². The van der Waals surface area contributed by atoms with E-state index < -0.39 is 0 Å². The third-order valence-electron chi connectivity index (χ3n) is 3.68. The quantitative estimate of drug-likeness (QED) is 0.718. The predicted octanol–water partition coefficient (Wildman–Crippen LogP) is 4.80. The molecular formula is C17H17ClO. The summed E-state index contributed by atoms with van der Waals surface area (Å²) >= 11 is 5.97. The van der Waals surface area contributed by atoms with Crippen LogP contribution in [0.3, 0.4) is 0 Å². The van der Waals surface area contributed by atoms with E-state index in [0.717, 1.165) is 27.8 Å². The predicted molar refractivity (Wildman–Crippen MR) is 80.3 cm³/mol. The first-order chi connectivity index (χ1) is 8.91. The van der Waals surface area contributed by atoms with E-state index in [1.54, 1.807) is 12.1 Å². The fourth-order valence-corrected chi connectivity index (χ4v) is 2.52. The van der Waals surface area contributed by atoms with Crippen LogP contribution in [0, 0.1) is 27.7 Å². The maximum Gasteiger partial charge on any atom is 0.193 e. The summed E-state index contributed by atoms with van der Waals surface area (Å²) in [6.45, 7) is 8.08. The van der Waals surface area contributed by atoms with E-state index in [1.807, 2.05) is 39.8 Å². The minimum absolute atomic E-state index is 0.0456. The van der Waals surface area contributed by atoms with Gasteiger partial charge in [0.1, 0.15) is 0 Å². The summed E-state index contributed by atoms with van der Waals surface area (Å²) in [5, 5.41) is 0.588. The second-order valence-corrected chi connectivity index (χ2v) is 5.41. The lowest BCUT2D eigenvalue weighted by Crippen LogP contribution is -2.09. The lowest BCUT2D eigenvalue weighted by atomic mass is 9.89. The van der Waals surface area contributed by atoms with Crippen molar-refractivity contribution in [3.63, 3.8) is 0 Å². The van der Waals surface area contributed by atoms with E-state index in [-0.39, 0.29) is 5.78 Å². The molecular weight excluding hydrogens is 256 g/mol. The summed E-state index contributed by atoms with van der Waals surface area (Å²) < 4.78 is 0. The van der Waals surface area contributed by atoms with Gasteiger partial charge in [0, 0.05) is 16.1 Å². The summed E-state index contributed by atoms with van der Waals surface area (Å²) in [5.41, 5.74) is 5.84. The highest BCUT2D eigenvalue weighted by Gasteiger charge is 2.17. The van der Waals surface area contributed by atoms with E-state index in [2.05, 4.69) is 6.07 Å². The zero-order valence-corrected chi connectivity index (χ0v) is 12.4. The first kappa shape index (κ1) is 13.8. The van der Waals surface area contributed by atoms with Crippen molar-refractivity contribution in [2.24, 2.45) is 0 Å². The first-order valence-electron chi connectivity index (χ1n) is 6.29. The van der Waals surface area contributed by atoms with Crippen LogP contribution in [-0.4, -0.2) is 5.78 Å². The standard InChI is InChI=1S/C17H17ClO/c1-10-8-11(2)13(4)16(12(10)3)17(19)14-6-5-7-15(18)9-14/h5-9H,1-4H3. The van der Waals surface area contributed by atoms with Crippen LogP contribution in [0.1, 0.15) is 38.2 Å². The Morgan fingerprint density at radius 2 is 1.53 bits per heavy atom. The molecule has 2 aromatic rings. The molecule has 2 aromatic carbocycles. The van der Waals surface area contributed by atoms with Crippen LogP contribution in [0.15, 0.2) is 30.3 Å². The molecule has 0 aromatic heterocycles. The van der Waals surface area contributed by atoms with Crippen molar-refractivity contribution in [1.82, 2.24) is 0 Å². The summed E-state index contributed by atoms with van der Waals surface area (Å²) in [6, 6.07) is 9.24. The normalized spacial score (nSPS) is 10.6. The molecule has 0 saturated carbocycles. The van der Waals surface area contributed by atoms with E-state index >= 15 is 0 Å². The number of halogens is 1. The SMILES string of the molecule is Cc1cc(C)c(C)c(C(=O)c2cccc(Cl)c2)c1C. The first-order valence-corrected chi connectivity index (χ1v) is 6.67. The molecule has 2 rings (SSSR count). The largest absolute Gasteiger partial charge is 0.289 e. The van der Waals surface area contributed by atoms with Gasteiger partial charge >= 0.3 is 0 Å². The van der Waals surface area contributed by atoms with Gasteiger partial charge in [-0.25, -0.2) is 0 Å². The maximum atomic E-state index is 12.7. The van der Waals surface area contributed by atoms with Crippen molar-refractivity contribution in [3.8, 4) is 0 Å². The Morgan fingerprint density at radius 3 is 2.05 bits per heavy atom. The highest BCUT2D eigenvalue weighted by molar-refractivity contribution is 6.31. The molecule has 0 spiro atoms. The number of carbonyl (C=O) groups is 1. The summed E-state index contributed by atoms with van der Waals surface area (Å²) in [7, 11) is 0. The van der Waals surface area contributed by atoms with Gasteiger partial charge in [-0.1, -0.05) is 29.8 Å². The van der Waals surface area contributed by atoms with Gasteiger partial charge in [-0.15, -0.1) is 0 Å². The third-order valence-corrected chi connectivity index (χ3v) is 3.91. The fraction of sp³-hybridized carbons (Fsp3) is 0.235.